The summed E-state index contributed by atoms with van der Waals surface area (Å²) in [6, 6.07) is 3.95. The molecule has 0 bridgehead atoms. The minimum absolute atomic E-state index is 0.134. The van der Waals surface area contributed by atoms with Crippen LogP contribution in [0.25, 0.3) is 0 Å². The molecule has 16 heavy (non-hydrogen) atoms. The fourth-order valence-corrected chi connectivity index (χ4v) is 1.98. The molecule has 1 aromatic heterocycles. The van der Waals surface area contributed by atoms with Crippen LogP contribution < -0.4 is 4.90 Å². The molecule has 1 N–H and O–H groups in total. The highest BCUT2D eigenvalue weighted by Crippen LogP contribution is 2.22. The standard InChI is InChI=1S/C11H15ClN2O2/c1-8-7-16-5-4-14(8)11-3-2-9(12)10(6-15)13-11/h2-3,8,15H,4-7H2,1H3. The van der Waals surface area contributed by atoms with Gasteiger partial charge in [0.05, 0.1) is 36.6 Å². The molecular formula is C11H15ClN2O2. The number of hydrogen-bond acceptors (Lipinski definition) is 4. The van der Waals surface area contributed by atoms with Gasteiger partial charge in [0, 0.05) is 6.54 Å². The average Bonchev–Trinajstić information content (AvgIpc) is 2.31. The SMILES string of the molecule is CC1COCCN1c1ccc(Cl)c(CO)n1. The number of pyridine rings is 1. The Kier molecular flexibility index (Phi) is 3.63. The maximum Gasteiger partial charge on any atom is 0.129 e. The molecule has 1 aromatic rings. The molecule has 1 fully saturated rings. The lowest BCUT2D eigenvalue weighted by Gasteiger charge is -2.34. The Hall–Kier alpha value is -0.840. The van der Waals surface area contributed by atoms with Crippen LogP contribution in [0.5, 0.6) is 0 Å². The molecule has 1 aliphatic heterocycles. The molecule has 0 aliphatic carbocycles. The van der Waals surface area contributed by atoms with E-state index in [0.29, 0.717) is 30.0 Å². The van der Waals surface area contributed by atoms with Gasteiger partial charge >= 0.3 is 0 Å². The Balaban J connectivity index is 2.25. The summed E-state index contributed by atoms with van der Waals surface area (Å²) in [4.78, 5) is 6.52. The van der Waals surface area contributed by atoms with Crippen molar-refractivity contribution in [1.29, 1.82) is 0 Å². The normalized spacial score (nSPS) is 21.2. The molecule has 0 aromatic carbocycles. The van der Waals surface area contributed by atoms with Crippen molar-refractivity contribution in [3.63, 3.8) is 0 Å². The number of aliphatic hydroxyl groups is 1. The highest BCUT2D eigenvalue weighted by molar-refractivity contribution is 6.31. The minimum atomic E-state index is -0.134. The number of ether oxygens (including phenoxy) is 1. The quantitative estimate of drug-likeness (QED) is 0.853. The number of morpholine rings is 1. The molecule has 4 nitrogen and oxygen atoms in total. The second-order valence-corrected chi connectivity index (χ2v) is 4.28. The number of halogens is 1. The average molecular weight is 243 g/mol. The number of aliphatic hydroxyl groups excluding tert-OH is 1. The summed E-state index contributed by atoms with van der Waals surface area (Å²) in [6.07, 6.45) is 0. The third-order valence-electron chi connectivity index (χ3n) is 2.72. The summed E-state index contributed by atoms with van der Waals surface area (Å²) in [7, 11) is 0. The van der Waals surface area contributed by atoms with Crippen LogP contribution in [0.2, 0.25) is 5.02 Å². The molecule has 0 spiro atoms. The number of nitrogens with zero attached hydrogens (tertiary/aromatic N) is 2. The van der Waals surface area contributed by atoms with Crippen molar-refractivity contribution in [3.05, 3.63) is 22.8 Å². The van der Waals surface area contributed by atoms with Crippen LogP contribution in [0.1, 0.15) is 12.6 Å². The van der Waals surface area contributed by atoms with E-state index in [1.807, 2.05) is 6.07 Å². The van der Waals surface area contributed by atoms with Gasteiger partial charge in [0.15, 0.2) is 0 Å². The topological polar surface area (TPSA) is 45.6 Å². The van der Waals surface area contributed by atoms with Crippen molar-refractivity contribution in [2.45, 2.75) is 19.6 Å². The summed E-state index contributed by atoms with van der Waals surface area (Å²) in [5.74, 6) is 0.851. The Morgan fingerprint density at radius 3 is 3.12 bits per heavy atom. The van der Waals surface area contributed by atoms with E-state index >= 15 is 0 Å². The second-order valence-electron chi connectivity index (χ2n) is 3.87. The van der Waals surface area contributed by atoms with Crippen LogP contribution in [0.4, 0.5) is 5.82 Å². The third-order valence-corrected chi connectivity index (χ3v) is 3.06. The van der Waals surface area contributed by atoms with Crippen LogP contribution in [-0.2, 0) is 11.3 Å². The van der Waals surface area contributed by atoms with Crippen molar-refractivity contribution < 1.29 is 9.84 Å². The van der Waals surface area contributed by atoms with Crippen molar-refractivity contribution >= 4 is 17.4 Å². The number of rotatable bonds is 2. The molecule has 88 valence electrons. The fraction of sp³-hybridized carbons (Fsp3) is 0.545. The molecular weight excluding hydrogens is 228 g/mol. The van der Waals surface area contributed by atoms with Gasteiger partial charge in [0.1, 0.15) is 5.82 Å². The molecule has 5 heteroatoms. The van der Waals surface area contributed by atoms with Crippen molar-refractivity contribution in [1.82, 2.24) is 4.98 Å². The van der Waals surface area contributed by atoms with Gasteiger partial charge in [-0.25, -0.2) is 4.98 Å². The lowest BCUT2D eigenvalue weighted by Crippen LogP contribution is -2.44. The minimum Gasteiger partial charge on any atom is -0.390 e. The van der Waals surface area contributed by atoms with Gasteiger partial charge in [-0.2, -0.15) is 0 Å². The number of aromatic nitrogens is 1. The van der Waals surface area contributed by atoms with Gasteiger partial charge < -0.3 is 14.7 Å². The first kappa shape index (κ1) is 11.6. The molecule has 1 atom stereocenters. The summed E-state index contributed by atoms with van der Waals surface area (Å²) in [5, 5.41) is 9.62. The van der Waals surface area contributed by atoms with E-state index in [1.54, 1.807) is 6.07 Å². The highest BCUT2D eigenvalue weighted by atomic mass is 35.5. The molecule has 1 unspecified atom stereocenters. The molecule has 0 radical (unpaired) electrons. The summed E-state index contributed by atoms with van der Waals surface area (Å²) in [5.41, 5.74) is 0.526. The molecule has 0 saturated carbocycles. The van der Waals surface area contributed by atoms with Crippen LogP contribution in [-0.4, -0.2) is 35.9 Å². The van der Waals surface area contributed by atoms with E-state index in [9.17, 15) is 0 Å². The smallest absolute Gasteiger partial charge is 0.129 e. The summed E-state index contributed by atoms with van der Waals surface area (Å²) >= 11 is 5.91. The van der Waals surface area contributed by atoms with Crippen LogP contribution in [0.3, 0.4) is 0 Å². The zero-order valence-corrected chi connectivity index (χ0v) is 9.94. The van der Waals surface area contributed by atoms with Gasteiger partial charge in [-0.15, -0.1) is 0 Å². The van der Waals surface area contributed by atoms with Crippen molar-refractivity contribution in [2.24, 2.45) is 0 Å². The lowest BCUT2D eigenvalue weighted by atomic mass is 10.2. The van der Waals surface area contributed by atoms with Crippen molar-refractivity contribution in [2.75, 3.05) is 24.7 Å². The Bertz CT molecular complexity index is 373. The van der Waals surface area contributed by atoms with Gasteiger partial charge in [0.2, 0.25) is 0 Å². The molecule has 2 heterocycles. The van der Waals surface area contributed by atoms with E-state index in [-0.39, 0.29) is 6.61 Å². The van der Waals surface area contributed by atoms with Gasteiger partial charge in [-0.3, -0.25) is 0 Å². The summed E-state index contributed by atoms with van der Waals surface area (Å²) < 4.78 is 5.37. The van der Waals surface area contributed by atoms with Crippen LogP contribution in [0, 0.1) is 0 Å². The van der Waals surface area contributed by atoms with Gasteiger partial charge in [-0.05, 0) is 19.1 Å². The first-order valence-electron chi connectivity index (χ1n) is 5.33. The number of anilines is 1. The molecule has 1 aliphatic rings. The van der Waals surface area contributed by atoms with E-state index < -0.39 is 0 Å². The first-order valence-corrected chi connectivity index (χ1v) is 5.71. The van der Waals surface area contributed by atoms with Crippen LogP contribution >= 0.6 is 11.6 Å². The second kappa shape index (κ2) is 4.99. The molecule has 2 rings (SSSR count). The Labute approximate surface area is 99.8 Å². The zero-order chi connectivity index (χ0) is 11.5. The Morgan fingerprint density at radius 2 is 2.44 bits per heavy atom. The van der Waals surface area contributed by atoms with E-state index in [0.717, 1.165) is 12.4 Å². The molecule has 1 saturated heterocycles. The van der Waals surface area contributed by atoms with E-state index in [4.69, 9.17) is 21.4 Å². The lowest BCUT2D eigenvalue weighted by molar-refractivity contribution is 0.0985. The molecule has 0 amide bonds. The first-order chi connectivity index (χ1) is 7.72. The third kappa shape index (κ3) is 2.29. The maximum absolute atomic E-state index is 9.12. The monoisotopic (exact) mass is 242 g/mol. The van der Waals surface area contributed by atoms with Gasteiger partial charge in [0.25, 0.3) is 0 Å². The van der Waals surface area contributed by atoms with Gasteiger partial charge in [-0.1, -0.05) is 11.6 Å². The van der Waals surface area contributed by atoms with Crippen molar-refractivity contribution in [3.8, 4) is 0 Å². The Morgan fingerprint density at radius 1 is 1.62 bits per heavy atom. The van der Waals surface area contributed by atoms with Crippen LogP contribution in [0.15, 0.2) is 12.1 Å². The number of hydrogen-bond donors (Lipinski definition) is 1. The highest BCUT2D eigenvalue weighted by Gasteiger charge is 2.20. The predicted octanol–water partition coefficient (Wildman–Crippen LogP) is 1.45. The van der Waals surface area contributed by atoms with E-state index in [2.05, 4.69) is 16.8 Å². The summed E-state index contributed by atoms with van der Waals surface area (Å²) in [6.45, 7) is 4.20. The zero-order valence-electron chi connectivity index (χ0n) is 9.19. The predicted molar refractivity (Wildman–Crippen MR) is 62.8 cm³/mol. The fourth-order valence-electron chi connectivity index (χ4n) is 1.81. The largest absolute Gasteiger partial charge is 0.390 e. The van der Waals surface area contributed by atoms with E-state index in [1.165, 1.54) is 0 Å². The maximum atomic E-state index is 9.12.